The minimum Gasteiger partial charge on any atom is -0.493 e. The molecule has 0 aliphatic carbocycles. The van der Waals surface area contributed by atoms with Crippen LogP contribution in [0, 0.1) is 6.92 Å². The molecule has 0 N–H and O–H groups in total. The molecular formula is C25H26N2O5. The van der Waals surface area contributed by atoms with E-state index in [2.05, 4.69) is 4.98 Å². The van der Waals surface area contributed by atoms with Crippen molar-refractivity contribution in [3.05, 3.63) is 64.8 Å². The van der Waals surface area contributed by atoms with Crippen LogP contribution in [-0.4, -0.2) is 49.6 Å². The van der Waals surface area contributed by atoms with Gasteiger partial charge in [-0.3, -0.25) is 9.59 Å². The molecule has 1 unspecified atom stereocenters. The highest BCUT2D eigenvalue weighted by molar-refractivity contribution is 5.96. The van der Waals surface area contributed by atoms with E-state index in [0.29, 0.717) is 30.2 Å². The van der Waals surface area contributed by atoms with Crippen molar-refractivity contribution in [2.45, 2.75) is 25.8 Å². The third kappa shape index (κ3) is 3.86. The molecule has 1 aromatic heterocycles. The number of benzene rings is 2. The van der Waals surface area contributed by atoms with Crippen LogP contribution in [0.4, 0.5) is 0 Å². The number of carbonyl (C=O) groups excluding carboxylic acids is 2. The quantitative estimate of drug-likeness (QED) is 0.568. The van der Waals surface area contributed by atoms with Crippen LogP contribution in [0.1, 0.15) is 39.6 Å². The van der Waals surface area contributed by atoms with Gasteiger partial charge in [-0.1, -0.05) is 18.2 Å². The van der Waals surface area contributed by atoms with E-state index in [1.807, 2.05) is 49.4 Å². The maximum absolute atomic E-state index is 13.6. The average molecular weight is 434 g/mol. The Hall–Kier alpha value is -3.61. The molecule has 0 radical (unpaired) electrons. The van der Waals surface area contributed by atoms with Gasteiger partial charge in [0.05, 0.1) is 39.3 Å². The molecule has 166 valence electrons. The Morgan fingerprint density at radius 3 is 2.50 bits per heavy atom. The molecule has 0 saturated carbocycles. The molecule has 0 bridgehead atoms. The summed E-state index contributed by atoms with van der Waals surface area (Å²) < 4.78 is 15.8. The fourth-order valence-corrected chi connectivity index (χ4v) is 4.34. The average Bonchev–Trinajstić information content (AvgIpc) is 2.82. The van der Waals surface area contributed by atoms with Gasteiger partial charge in [0.15, 0.2) is 11.5 Å². The SMILES string of the molecule is COC(=O)CC1c2cc(OC)c(OC)cc2CCN1C(=O)c1cc(C)c2ccccc2n1. The summed E-state index contributed by atoms with van der Waals surface area (Å²) in [5, 5.41) is 1.01. The molecule has 1 aliphatic heterocycles. The number of rotatable bonds is 5. The zero-order valence-corrected chi connectivity index (χ0v) is 18.7. The van der Waals surface area contributed by atoms with Crippen LogP contribution in [-0.2, 0) is 16.0 Å². The van der Waals surface area contributed by atoms with E-state index in [0.717, 1.165) is 27.6 Å². The summed E-state index contributed by atoms with van der Waals surface area (Å²) in [6.07, 6.45) is 0.670. The highest BCUT2D eigenvalue weighted by Gasteiger charge is 2.35. The third-order valence-corrected chi connectivity index (χ3v) is 5.99. The largest absolute Gasteiger partial charge is 0.493 e. The summed E-state index contributed by atoms with van der Waals surface area (Å²) >= 11 is 0. The van der Waals surface area contributed by atoms with Crippen molar-refractivity contribution in [1.82, 2.24) is 9.88 Å². The first-order chi connectivity index (χ1) is 15.5. The number of aryl methyl sites for hydroxylation is 1. The van der Waals surface area contributed by atoms with Gasteiger partial charge in [0.25, 0.3) is 5.91 Å². The van der Waals surface area contributed by atoms with Crippen molar-refractivity contribution in [2.75, 3.05) is 27.9 Å². The van der Waals surface area contributed by atoms with Gasteiger partial charge in [-0.2, -0.15) is 0 Å². The number of pyridine rings is 1. The summed E-state index contributed by atoms with van der Waals surface area (Å²) in [5.74, 6) is 0.566. The number of hydrogen-bond donors (Lipinski definition) is 0. The van der Waals surface area contributed by atoms with Gasteiger partial charge in [-0.05, 0) is 54.3 Å². The molecule has 4 rings (SSSR count). The highest BCUT2D eigenvalue weighted by atomic mass is 16.5. The number of para-hydroxylation sites is 1. The van der Waals surface area contributed by atoms with E-state index in [-0.39, 0.29) is 12.3 Å². The summed E-state index contributed by atoms with van der Waals surface area (Å²) in [7, 11) is 4.50. The van der Waals surface area contributed by atoms with Crippen LogP contribution in [0.25, 0.3) is 10.9 Å². The lowest BCUT2D eigenvalue weighted by Crippen LogP contribution is -2.41. The predicted molar refractivity (Wildman–Crippen MR) is 120 cm³/mol. The molecule has 0 spiro atoms. The van der Waals surface area contributed by atoms with Crippen molar-refractivity contribution < 1.29 is 23.8 Å². The maximum Gasteiger partial charge on any atom is 0.307 e. The fourth-order valence-electron chi connectivity index (χ4n) is 4.34. The minimum absolute atomic E-state index is 0.0390. The number of hydrogen-bond acceptors (Lipinski definition) is 6. The van der Waals surface area contributed by atoms with Gasteiger partial charge in [-0.25, -0.2) is 4.98 Å². The molecule has 7 nitrogen and oxygen atoms in total. The second-order valence-electron chi connectivity index (χ2n) is 7.79. The molecule has 2 aromatic carbocycles. The Morgan fingerprint density at radius 1 is 1.06 bits per heavy atom. The monoisotopic (exact) mass is 434 g/mol. The van der Waals surface area contributed by atoms with Gasteiger partial charge >= 0.3 is 5.97 Å². The molecule has 3 aromatic rings. The molecule has 0 fully saturated rings. The van der Waals surface area contributed by atoms with Gasteiger partial charge in [-0.15, -0.1) is 0 Å². The first-order valence-corrected chi connectivity index (χ1v) is 10.5. The smallest absolute Gasteiger partial charge is 0.307 e. The number of ether oxygens (including phenoxy) is 3. The van der Waals surface area contributed by atoms with E-state index < -0.39 is 12.0 Å². The number of fused-ring (bicyclic) bond motifs is 2. The van der Waals surface area contributed by atoms with E-state index in [1.165, 1.54) is 7.11 Å². The highest BCUT2D eigenvalue weighted by Crippen LogP contribution is 2.40. The van der Waals surface area contributed by atoms with E-state index in [4.69, 9.17) is 14.2 Å². The molecular weight excluding hydrogens is 408 g/mol. The van der Waals surface area contributed by atoms with Crippen molar-refractivity contribution in [2.24, 2.45) is 0 Å². The zero-order chi connectivity index (χ0) is 22.8. The number of nitrogens with zero attached hydrogens (tertiary/aromatic N) is 2. The van der Waals surface area contributed by atoms with E-state index in [1.54, 1.807) is 19.1 Å². The van der Waals surface area contributed by atoms with Crippen LogP contribution in [0.2, 0.25) is 0 Å². The van der Waals surface area contributed by atoms with Crippen molar-refractivity contribution in [3.63, 3.8) is 0 Å². The maximum atomic E-state index is 13.6. The number of carbonyl (C=O) groups is 2. The molecule has 32 heavy (non-hydrogen) atoms. The second-order valence-corrected chi connectivity index (χ2v) is 7.79. The normalized spacial score (nSPS) is 15.2. The molecule has 0 saturated heterocycles. The third-order valence-electron chi connectivity index (χ3n) is 5.99. The first kappa shape index (κ1) is 21.6. The van der Waals surface area contributed by atoms with Crippen LogP contribution >= 0.6 is 0 Å². The van der Waals surface area contributed by atoms with Crippen molar-refractivity contribution in [1.29, 1.82) is 0 Å². The minimum atomic E-state index is -0.493. The van der Waals surface area contributed by atoms with Crippen molar-refractivity contribution >= 4 is 22.8 Å². The predicted octanol–water partition coefficient (Wildman–Crippen LogP) is 3.86. The molecule has 1 amide bonds. The molecule has 7 heteroatoms. The first-order valence-electron chi connectivity index (χ1n) is 10.5. The van der Waals surface area contributed by atoms with Gasteiger partial charge in [0.1, 0.15) is 5.69 Å². The van der Waals surface area contributed by atoms with Gasteiger partial charge in [0, 0.05) is 11.9 Å². The Kier molecular flexibility index (Phi) is 5.99. The molecule has 1 atom stereocenters. The van der Waals surface area contributed by atoms with Crippen molar-refractivity contribution in [3.8, 4) is 11.5 Å². The molecule has 2 heterocycles. The topological polar surface area (TPSA) is 78.0 Å². The van der Waals surface area contributed by atoms with Crippen LogP contribution in [0.5, 0.6) is 11.5 Å². The standard InChI is InChI=1S/C25H26N2O5/c1-15-11-20(26-19-8-6-5-7-17(15)19)25(29)27-10-9-16-12-22(30-2)23(31-3)13-18(16)21(27)14-24(28)32-4/h5-8,11-13,21H,9-10,14H2,1-4H3. The Morgan fingerprint density at radius 2 is 1.78 bits per heavy atom. The van der Waals surface area contributed by atoms with E-state index in [9.17, 15) is 9.59 Å². The van der Waals surface area contributed by atoms with Crippen LogP contribution in [0.3, 0.4) is 0 Å². The number of esters is 1. The lowest BCUT2D eigenvalue weighted by molar-refractivity contribution is -0.141. The summed E-state index contributed by atoms with van der Waals surface area (Å²) in [5.41, 5.74) is 3.98. The zero-order valence-electron chi connectivity index (χ0n) is 18.7. The molecule has 1 aliphatic rings. The summed E-state index contributed by atoms with van der Waals surface area (Å²) in [6, 6.07) is 12.8. The van der Waals surface area contributed by atoms with Crippen LogP contribution in [0.15, 0.2) is 42.5 Å². The summed E-state index contributed by atoms with van der Waals surface area (Å²) in [4.78, 5) is 32.2. The Balaban J connectivity index is 1.78. The lowest BCUT2D eigenvalue weighted by atomic mass is 9.89. The number of methoxy groups -OCH3 is 3. The number of amides is 1. The van der Waals surface area contributed by atoms with Crippen LogP contribution < -0.4 is 9.47 Å². The Bertz CT molecular complexity index is 1190. The second kappa shape index (κ2) is 8.86. The Labute approximate surface area is 186 Å². The van der Waals surface area contributed by atoms with Gasteiger partial charge < -0.3 is 19.1 Å². The van der Waals surface area contributed by atoms with E-state index >= 15 is 0 Å². The fraction of sp³-hybridized carbons (Fsp3) is 0.320. The van der Waals surface area contributed by atoms with Gasteiger partial charge in [0.2, 0.25) is 0 Å². The summed E-state index contributed by atoms with van der Waals surface area (Å²) in [6.45, 7) is 2.42. The number of aromatic nitrogens is 1. The lowest BCUT2D eigenvalue weighted by Gasteiger charge is -2.37.